The second-order valence-electron chi connectivity index (χ2n) is 11.6. The van der Waals surface area contributed by atoms with Crippen LogP contribution in [0.2, 0.25) is 0 Å². The number of nitrogens with zero attached hydrogens (tertiary/aromatic N) is 1. The molecule has 1 aliphatic carbocycles. The van der Waals surface area contributed by atoms with Crippen LogP contribution >= 0.6 is 0 Å². The molecule has 2 aromatic carbocycles. The van der Waals surface area contributed by atoms with E-state index in [0.717, 1.165) is 66.9 Å². The molecule has 4 nitrogen and oxygen atoms in total. The summed E-state index contributed by atoms with van der Waals surface area (Å²) in [5.74, 6) is -6.94. The fraction of sp³-hybridized carbons (Fsp3) is 0.562. The number of sulfone groups is 1. The summed E-state index contributed by atoms with van der Waals surface area (Å²) in [6.45, 7) is 1.15. The summed E-state index contributed by atoms with van der Waals surface area (Å²) in [5.41, 5.74) is 4.23. The summed E-state index contributed by atoms with van der Waals surface area (Å²) in [5, 5.41) is 10.0. The number of alkyl halides is 5. The van der Waals surface area contributed by atoms with E-state index in [1.165, 1.54) is 12.1 Å². The molecule has 0 aromatic heterocycles. The lowest BCUT2D eigenvalue weighted by Crippen LogP contribution is -2.36. The van der Waals surface area contributed by atoms with Gasteiger partial charge in [-0.25, -0.2) is 17.2 Å². The number of benzene rings is 2. The van der Waals surface area contributed by atoms with E-state index in [1.54, 1.807) is 12.1 Å². The van der Waals surface area contributed by atoms with Crippen molar-refractivity contribution < 1.29 is 44.3 Å². The Morgan fingerprint density at radius 2 is 1.48 bits per heavy atom. The van der Waals surface area contributed by atoms with E-state index < -0.39 is 52.2 Å². The van der Waals surface area contributed by atoms with Gasteiger partial charge in [-0.1, -0.05) is 18.9 Å². The van der Waals surface area contributed by atoms with Gasteiger partial charge in [-0.3, -0.25) is 0 Å². The maximum absolute atomic E-state index is 14.8. The van der Waals surface area contributed by atoms with Crippen molar-refractivity contribution >= 4 is 21.0 Å². The molecule has 0 amide bonds. The van der Waals surface area contributed by atoms with Crippen LogP contribution in [-0.4, -0.2) is 62.2 Å². The van der Waals surface area contributed by atoms with Crippen molar-refractivity contribution in [1.29, 1.82) is 0 Å². The van der Waals surface area contributed by atoms with Crippen LogP contribution < -0.4 is 0 Å². The summed E-state index contributed by atoms with van der Waals surface area (Å²) in [6, 6.07) is 8.87. The fourth-order valence-corrected chi connectivity index (χ4v) is 6.99. The first-order chi connectivity index (χ1) is 20.6. The number of hydrogen-bond donors (Lipinski definition) is 1. The fourth-order valence-electron chi connectivity index (χ4n) is 5.63. The molecule has 0 heterocycles. The molecule has 0 saturated heterocycles. The van der Waals surface area contributed by atoms with Gasteiger partial charge in [-0.15, -0.1) is 0 Å². The molecule has 1 aliphatic rings. The number of phenols is 1. The van der Waals surface area contributed by atoms with Crippen molar-refractivity contribution in [3.05, 3.63) is 64.7 Å². The summed E-state index contributed by atoms with van der Waals surface area (Å²) in [7, 11) is -1.90. The van der Waals surface area contributed by atoms with Crippen molar-refractivity contribution in [2.45, 2.75) is 82.7 Å². The highest BCUT2D eigenvalue weighted by Crippen LogP contribution is 2.41. The zero-order chi connectivity index (χ0) is 32.5. The van der Waals surface area contributed by atoms with E-state index >= 15 is 0 Å². The summed E-state index contributed by atoms with van der Waals surface area (Å²) in [4.78, 5) is 1.96. The second-order valence-corrected chi connectivity index (χ2v) is 13.9. The summed E-state index contributed by atoms with van der Waals surface area (Å²) >= 11 is 0. The summed E-state index contributed by atoms with van der Waals surface area (Å²) in [6.07, 6.45) is -1.45. The van der Waals surface area contributed by atoms with Gasteiger partial charge in [0.2, 0.25) is 0 Å². The minimum atomic E-state index is -5.69. The van der Waals surface area contributed by atoms with Crippen molar-refractivity contribution in [3.63, 3.8) is 0 Å². The topological polar surface area (TPSA) is 57.6 Å². The van der Waals surface area contributed by atoms with Gasteiger partial charge in [0, 0.05) is 18.1 Å². The first kappa shape index (κ1) is 35.9. The molecule has 3 rings (SSSR count). The minimum Gasteiger partial charge on any atom is -0.508 e. The van der Waals surface area contributed by atoms with Crippen molar-refractivity contribution in [2.24, 2.45) is 0 Å². The minimum absolute atomic E-state index is 0.173. The number of hydrogen-bond acceptors (Lipinski definition) is 4. The molecule has 0 fully saturated rings. The van der Waals surface area contributed by atoms with Gasteiger partial charge in [-0.05, 0) is 118 Å². The maximum Gasteiger partial charge on any atom is 0.453 e. The standard InChI is InChI=1S/C32H40F7NO3S/c1-40(18-8-20-44(42,43)19-7-16-31(35,36)32(37,38)39)17-5-3-2-4-10-27-26-15-13-25(41)21-23(26)9-6-11-28(27)29-14-12-24(33)22-30(29)34/h12-15,21-22,41H,2-11,16-20H2,1H3. The lowest BCUT2D eigenvalue weighted by atomic mass is 9.88. The van der Waals surface area contributed by atoms with Gasteiger partial charge in [0.1, 0.15) is 27.2 Å². The van der Waals surface area contributed by atoms with Crippen molar-refractivity contribution in [1.82, 2.24) is 4.90 Å². The maximum atomic E-state index is 14.8. The van der Waals surface area contributed by atoms with Crippen LogP contribution in [0.25, 0.3) is 11.1 Å². The van der Waals surface area contributed by atoms with E-state index in [0.29, 0.717) is 31.5 Å². The normalized spacial score (nSPS) is 14.7. The number of phenolic OH excluding ortho intramolecular Hbond substituents is 1. The first-order valence-electron chi connectivity index (χ1n) is 14.9. The van der Waals surface area contributed by atoms with Gasteiger partial charge in [0.15, 0.2) is 0 Å². The Kier molecular flexibility index (Phi) is 12.7. The zero-order valence-corrected chi connectivity index (χ0v) is 25.7. The Labute approximate surface area is 254 Å². The second kappa shape index (κ2) is 15.6. The molecule has 0 bridgehead atoms. The Hall–Kier alpha value is -2.60. The van der Waals surface area contributed by atoms with Crippen LogP contribution in [0.4, 0.5) is 30.7 Å². The van der Waals surface area contributed by atoms with Crippen LogP contribution in [-0.2, 0) is 16.3 Å². The monoisotopic (exact) mass is 651 g/mol. The molecule has 0 unspecified atom stereocenters. The Morgan fingerprint density at radius 3 is 2.18 bits per heavy atom. The molecule has 246 valence electrons. The van der Waals surface area contributed by atoms with E-state index in [9.17, 15) is 44.3 Å². The van der Waals surface area contributed by atoms with Gasteiger partial charge < -0.3 is 10.0 Å². The molecule has 2 aromatic rings. The van der Waals surface area contributed by atoms with Crippen LogP contribution in [0.15, 0.2) is 36.4 Å². The highest BCUT2D eigenvalue weighted by Gasteiger charge is 2.56. The number of allylic oxidation sites excluding steroid dienone is 2. The first-order valence-corrected chi connectivity index (χ1v) is 16.7. The molecule has 44 heavy (non-hydrogen) atoms. The number of unbranched alkanes of at least 4 members (excludes halogenated alkanes) is 3. The summed E-state index contributed by atoms with van der Waals surface area (Å²) < 4.78 is 115. The molecule has 0 aliphatic heterocycles. The third kappa shape index (κ3) is 10.5. The van der Waals surface area contributed by atoms with Crippen molar-refractivity contribution in [3.8, 4) is 5.75 Å². The molecule has 0 spiro atoms. The third-order valence-electron chi connectivity index (χ3n) is 7.98. The van der Waals surface area contributed by atoms with Gasteiger partial charge >= 0.3 is 12.1 Å². The Balaban J connectivity index is 1.46. The highest BCUT2D eigenvalue weighted by molar-refractivity contribution is 7.91. The average Bonchev–Trinajstić information content (AvgIpc) is 3.08. The number of rotatable bonds is 16. The lowest BCUT2D eigenvalue weighted by molar-refractivity contribution is -0.284. The van der Waals surface area contributed by atoms with E-state index in [-0.39, 0.29) is 17.9 Å². The van der Waals surface area contributed by atoms with E-state index in [4.69, 9.17) is 0 Å². The molecular weight excluding hydrogens is 611 g/mol. The molecular formula is C32H40F7NO3S. The molecule has 0 saturated carbocycles. The largest absolute Gasteiger partial charge is 0.508 e. The number of halogens is 7. The van der Waals surface area contributed by atoms with E-state index in [2.05, 4.69) is 0 Å². The number of aryl methyl sites for hydroxylation is 1. The Bertz CT molecular complexity index is 1390. The average molecular weight is 652 g/mol. The SMILES string of the molecule is CN(CCCCCCC1=C(c2ccc(F)cc2F)CCCc2cc(O)ccc21)CCCS(=O)(=O)CCCC(F)(F)C(F)(F)F. The van der Waals surface area contributed by atoms with Crippen LogP contribution in [0, 0.1) is 11.6 Å². The smallest absolute Gasteiger partial charge is 0.453 e. The third-order valence-corrected chi connectivity index (χ3v) is 9.80. The quantitative estimate of drug-likeness (QED) is 0.146. The molecule has 0 atom stereocenters. The predicted octanol–water partition coefficient (Wildman–Crippen LogP) is 8.58. The van der Waals surface area contributed by atoms with Crippen LogP contribution in [0.5, 0.6) is 5.75 Å². The molecule has 0 radical (unpaired) electrons. The highest BCUT2D eigenvalue weighted by atomic mass is 32.2. The predicted molar refractivity (Wildman–Crippen MR) is 158 cm³/mol. The Morgan fingerprint density at radius 1 is 0.818 bits per heavy atom. The van der Waals surface area contributed by atoms with Crippen molar-refractivity contribution in [2.75, 3.05) is 31.6 Å². The number of fused-ring (bicyclic) bond motifs is 1. The lowest BCUT2D eigenvalue weighted by Gasteiger charge is -2.19. The van der Waals surface area contributed by atoms with Gasteiger partial charge in [0.25, 0.3) is 0 Å². The molecule has 1 N–H and O–H groups in total. The van der Waals surface area contributed by atoms with Gasteiger partial charge in [0.05, 0.1) is 11.5 Å². The van der Waals surface area contributed by atoms with Crippen LogP contribution in [0.1, 0.15) is 80.9 Å². The molecule has 12 heteroatoms. The van der Waals surface area contributed by atoms with Gasteiger partial charge in [-0.2, -0.15) is 22.0 Å². The van der Waals surface area contributed by atoms with E-state index in [1.807, 2.05) is 18.0 Å². The number of aromatic hydroxyl groups is 1. The zero-order valence-electron chi connectivity index (χ0n) is 24.8. The van der Waals surface area contributed by atoms with Crippen LogP contribution in [0.3, 0.4) is 0 Å².